The molecule has 1 atom stereocenters. The summed E-state index contributed by atoms with van der Waals surface area (Å²) in [5.41, 5.74) is 2.70. The van der Waals surface area contributed by atoms with E-state index < -0.39 is 6.17 Å². The van der Waals surface area contributed by atoms with Crippen LogP contribution >= 0.6 is 23.4 Å². The van der Waals surface area contributed by atoms with Gasteiger partial charge in [0.05, 0.1) is 16.3 Å². The Hall–Kier alpha value is -2.51. The molecule has 0 unspecified atom stereocenters. The van der Waals surface area contributed by atoms with Gasteiger partial charge < -0.3 is 10.4 Å². The van der Waals surface area contributed by atoms with Gasteiger partial charge in [0, 0.05) is 10.7 Å². The minimum absolute atomic E-state index is 0.0120. The number of fused-ring (bicyclic) bond motifs is 3. The number of para-hydroxylation sites is 1. The van der Waals surface area contributed by atoms with Crippen molar-refractivity contribution in [2.75, 3.05) is 11.1 Å². The summed E-state index contributed by atoms with van der Waals surface area (Å²) >= 11 is 7.56. The molecular weight excluding hydrogens is 372 g/mol. The molecule has 26 heavy (non-hydrogen) atoms. The third kappa shape index (κ3) is 2.83. The summed E-state index contributed by atoms with van der Waals surface area (Å²) in [5.74, 6) is 0.806. The molecule has 0 fully saturated rings. The molecule has 8 heteroatoms. The van der Waals surface area contributed by atoms with Gasteiger partial charge in [0.25, 0.3) is 6.17 Å². The van der Waals surface area contributed by atoms with E-state index in [9.17, 15) is 9.90 Å². The number of halogens is 1. The maximum atomic E-state index is 12.8. The maximum absolute atomic E-state index is 12.8. The normalized spacial score (nSPS) is 15.1. The highest BCUT2D eigenvalue weighted by Gasteiger charge is 2.37. The lowest BCUT2D eigenvalue weighted by Crippen LogP contribution is -2.55. The molecule has 0 amide bonds. The second kappa shape index (κ2) is 6.66. The number of nitrogens with zero attached hydrogens (tertiary/aromatic N) is 2. The molecule has 0 saturated heterocycles. The predicted molar refractivity (Wildman–Crippen MR) is 102 cm³/mol. The fourth-order valence-corrected chi connectivity index (χ4v) is 3.78. The Morgan fingerprint density at radius 3 is 2.88 bits per heavy atom. The third-order valence-electron chi connectivity index (χ3n) is 4.15. The van der Waals surface area contributed by atoms with Crippen LogP contribution in [-0.2, 0) is 0 Å². The second-order valence-electron chi connectivity index (χ2n) is 5.79. The highest BCUT2D eigenvalue weighted by molar-refractivity contribution is 7.99. The number of thioether (sulfide) groups is 1. The quantitative estimate of drug-likeness (QED) is 0.475. The first kappa shape index (κ1) is 16.9. The van der Waals surface area contributed by atoms with E-state index in [1.165, 1.54) is 17.8 Å². The lowest BCUT2D eigenvalue weighted by molar-refractivity contribution is -0.759. The van der Waals surface area contributed by atoms with Crippen molar-refractivity contribution < 1.29 is 9.79 Å². The van der Waals surface area contributed by atoms with E-state index in [1.54, 1.807) is 16.8 Å². The molecule has 2 aromatic carbocycles. The van der Waals surface area contributed by atoms with E-state index in [1.807, 2.05) is 31.2 Å². The molecule has 0 spiro atoms. The Kier molecular flexibility index (Phi) is 4.34. The van der Waals surface area contributed by atoms with E-state index in [0.29, 0.717) is 10.9 Å². The van der Waals surface area contributed by atoms with E-state index >= 15 is 0 Å². The summed E-state index contributed by atoms with van der Waals surface area (Å²) in [6, 6.07) is 12.6. The van der Waals surface area contributed by atoms with Crippen LogP contribution in [0.3, 0.4) is 0 Å². The zero-order chi connectivity index (χ0) is 18.3. The van der Waals surface area contributed by atoms with Crippen LogP contribution in [-0.4, -0.2) is 20.9 Å². The molecule has 0 bridgehead atoms. The van der Waals surface area contributed by atoms with Crippen LogP contribution in [0.1, 0.15) is 18.7 Å². The molecule has 2 heterocycles. The van der Waals surface area contributed by atoms with Crippen molar-refractivity contribution in [3.8, 4) is 17.0 Å². The van der Waals surface area contributed by atoms with Gasteiger partial charge in [0.15, 0.2) is 0 Å². The highest BCUT2D eigenvalue weighted by Crippen LogP contribution is 2.33. The molecule has 0 aliphatic carbocycles. The molecule has 3 N–H and O–H groups in total. The molecule has 1 aliphatic rings. The van der Waals surface area contributed by atoms with Crippen molar-refractivity contribution >= 4 is 29.1 Å². The Bertz CT molecular complexity index is 1050. The van der Waals surface area contributed by atoms with Crippen LogP contribution in [0.25, 0.3) is 11.3 Å². The van der Waals surface area contributed by atoms with Gasteiger partial charge in [0.1, 0.15) is 5.75 Å². The zero-order valence-electron chi connectivity index (χ0n) is 13.9. The van der Waals surface area contributed by atoms with E-state index in [-0.39, 0.29) is 16.3 Å². The number of hydrogen-bond acceptors (Lipinski definition) is 5. The lowest BCUT2D eigenvalue weighted by Gasteiger charge is -2.22. The van der Waals surface area contributed by atoms with Crippen LogP contribution in [0.5, 0.6) is 5.75 Å². The molecule has 132 valence electrons. The van der Waals surface area contributed by atoms with Crippen molar-refractivity contribution in [2.45, 2.75) is 18.2 Å². The van der Waals surface area contributed by atoms with Gasteiger partial charge in [0.2, 0.25) is 5.16 Å². The number of benzene rings is 2. The summed E-state index contributed by atoms with van der Waals surface area (Å²) in [5, 5.41) is 18.6. The number of phenolic OH excluding ortho intramolecular Hbond substituents is 1. The third-order valence-corrected chi connectivity index (χ3v) is 5.20. The van der Waals surface area contributed by atoms with Gasteiger partial charge in [-0.1, -0.05) is 42.4 Å². The highest BCUT2D eigenvalue weighted by atomic mass is 35.5. The summed E-state index contributed by atoms with van der Waals surface area (Å²) in [6.45, 7) is 2.00. The fourth-order valence-electron chi connectivity index (χ4n) is 3.01. The molecule has 0 radical (unpaired) electrons. The maximum Gasteiger partial charge on any atom is 0.325 e. The van der Waals surface area contributed by atoms with Gasteiger partial charge in [-0.05, 0) is 40.8 Å². The van der Waals surface area contributed by atoms with Gasteiger partial charge >= 0.3 is 11.3 Å². The first-order chi connectivity index (χ1) is 12.6. The number of aromatic amines is 1. The number of nitrogens with one attached hydrogen (secondary N) is 2. The smallest absolute Gasteiger partial charge is 0.325 e. The van der Waals surface area contributed by atoms with Crippen LogP contribution in [0.4, 0.5) is 5.69 Å². The fraction of sp³-hybridized carbons (Fsp3) is 0.167. The minimum Gasteiger partial charge on any atom is -0.506 e. The molecule has 1 aromatic heterocycles. The number of aromatic hydroxyl groups is 1. The van der Waals surface area contributed by atoms with Crippen molar-refractivity contribution in [3.63, 3.8) is 0 Å². The summed E-state index contributed by atoms with van der Waals surface area (Å²) in [7, 11) is 0. The number of anilines is 1. The van der Waals surface area contributed by atoms with Crippen molar-refractivity contribution in [3.05, 3.63) is 63.4 Å². The van der Waals surface area contributed by atoms with E-state index in [0.717, 1.165) is 22.6 Å². The van der Waals surface area contributed by atoms with Crippen molar-refractivity contribution in [1.29, 1.82) is 0 Å². The molecule has 1 aliphatic heterocycles. The molecule has 4 rings (SSSR count). The molecule has 6 nitrogen and oxygen atoms in total. The Morgan fingerprint density at radius 1 is 1.31 bits per heavy atom. The average Bonchev–Trinajstić information content (AvgIpc) is 2.63. The standard InChI is InChI=1S/C18H15ClN4O2S/c1-2-26-18-21-17(25)15-11-5-3-4-6-13(11)20-16(23(15)22-18)10-7-8-14(24)12(19)9-10/h3-9,16H,2H2,1H3,(H2,21,22,24,25)/p+1/t16-/m1/s1. The average molecular weight is 388 g/mol. The van der Waals surface area contributed by atoms with Gasteiger partial charge in [-0.25, -0.2) is 0 Å². The molecule has 0 saturated carbocycles. The predicted octanol–water partition coefficient (Wildman–Crippen LogP) is 3.17. The summed E-state index contributed by atoms with van der Waals surface area (Å²) < 4.78 is 1.68. The molecule has 3 aromatic rings. The number of rotatable bonds is 3. The van der Waals surface area contributed by atoms with Gasteiger partial charge in [-0.15, -0.1) is 0 Å². The zero-order valence-corrected chi connectivity index (χ0v) is 15.4. The Labute approximate surface area is 158 Å². The Balaban J connectivity index is 1.96. The van der Waals surface area contributed by atoms with Crippen molar-refractivity contribution in [2.24, 2.45) is 0 Å². The minimum atomic E-state index is -0.420. The monoisotopic (exact) mass is 387 g/mol. The first-order valence-corrected chi connectivity index (χ1v) is 9.48. The van der Waals surface area contributed by atoms with Crippen LogP contribution < -0.4 is 15.6 Å². The SMILES string of the molecule is CCSc1n[n+]2c(c(=O)[nH]1)-c1ccccc1N[C@H]2c1ccc(O)c(Cl)c1. The van der Waals surface area contributed by atoms with Gasteiger partial charge in [-0.3, -0.25) is 9.78 Å². The first-order valence-electron chi connectivity index (χ1n) is 8.11. The van der Waals surface area contributed by atoms with Gasteiger partial charge in [-0.2, -0.15) is 0 Å². The number of H-pyrrole nitrogens is 1. The van der Waals surface area contributed by atoms with Crippen LogP contribution in [0.2, 0.25) is 5.02 Å². The topological polar surface area (TPSA) is 81.9 Å². The van der Waals surface area contributed by atoms with Crippen LogP contribution in [0, 0.1) is 0 Å². The molecular formula is C18H16ClN4O2S+. The lowest BCUT2D eigenvalue weighted by atomic mass is 10.0. The largest absolute Gasteiger partial charge is 0.506 e. The number of hydrogen-bond donors (Lipinski definition) is 3. The summed E-state index contributed by atoms with van der Waals surface area (Å²) in [4.78, 5) is 15.6. The number of aromatic nitrogens is 3. The number of phenols is 1. The summed E-state index contributed by atoms with van der Waals surface area (Å²) in [6.07, 6.45) is -0.420. The van der Waals surface area contributed by atoms with Crippen LogP contribution in [0.15, 0.2) is 52.4 Å². The van der Waals surface area contributed by atoms with E-state index in [2.05, 4.69) is 15.4 Å². The van der Waals surface area contributed by atoms with E-state index in [4.69, 9.17) is 11.6 Å². The second-order valence-corrected chi connectivity index (χ2v) is 7.45. The van der Waals surface area contributed by atoms with Crippen molar-refractivity contribution in [1.82, 2.24) is 10.1 Å². The Morgan fingerprint density at radius 2 is 2.12 bits per heavy atom.